The van der Waals surface area contributed by atoms with Crippen LogP contribution in [0.1, 0.15) is 68.0 Å². The van der Waals surface area contributed by atoms with Crippen LogP contribution in [0.4, 0.5) is 5.82 Å². The fourth-order valence-corrected chi connectivity index (χ4v) is 6.86. The average molecular weight is 619 g/mol. The molecule has 2 unspecified atom stereocenters. The quantitative estimate of drug-likeness (QED) is 0.199. The summed E-state index contributed by atoms with van der Waals surface area (Å²) in [5.41, 5.74) is -0.575. The average Bonchev–Trinajstić information content (AvgIpc) is 3.23. The minimum absolute atomic E-state index is 0.00196. The summed E-state index contributed by atoms with van der Waals surface area (Å²) in [5, 5.41) is 2.67. The van der Waals surface area contributed by atoms with Crippen LogP contribution in [0.2, 0.25) is 0 Å². The van der Waals surface area contributed by atoms with E-state index in [1.165, 1.54) is 29.4 Å². The molecule has 12 nitrogen and oxygen atoms in total. The first kappa shape index (κ1) is 35.8. The standard InChI is InChI=1S/C27H47N4O8PS/c1-10-21-23(24(35-9)25(38-21)30-12-11-22(28-20(8)32)29-27(30)34)39-40(31(18(4)5)19(6)7)37-14-13-36-15-16-41-26(33)17(2)3/h11-12,17-19,21,23-25H,10,13-16H2,1-9H3,(H,28,29,32,34)/t21-,23?,24+,25-,40?/m1/s1. The molecule has 0 spiro atoms. The molecule has 1 fully saturated rings. The molecule has 0 aliphatic carbocycles. The molecule has 5 atom stereocenters. The maximum absolute atomic E-state index is 12.9. The zero-order chi connectivity index (χ0) is 30.7. The number of hydrogen-bond donors (Lipinski definition) is 1. The third-order valence-electron chi connectivity index (χ3n) is 6.20. The van der Waals surface area contributed by atoms with E-state index in [9.17, 15) is 14.4 Å². The monoisotopic (exact) mass is 618 g/mol. The zero-order valence-corrected chi connectivity index (χ0v) is 27.4. The lowest BCUT2D eigenvalue weighted by molar-refractivity contribution is -0.114. The number of aromatic nitrogens is 2. The molecule has 1 aromatic heterocycles. The number of nitrogens with zero attached hydrogens (tertiary/aromatic N) is 3. The fraction of sp³-hybridized carbons (Fsp3) is 0.778. The van der Waals surface area contributed by atoms with E-state index < -0.39 is 32.7 Å². The summed E-state index contributed by atoms with van der Waals surface area (Å²) in [6, 6.07) is 1.81. The van der Waals surface area contributed by atoms with Crippen molar-refractivity contribution in [3.63, 3.8) is 0 Å². The van der Waals surface area contributed by atoms with Crippen LogP contribution in [0.5, 0.6) is 0 Å². The minimum Gasteiger partial charge on any atom is -0.378 e. The van der Waals surface area contributed by atoms with Gasteiger partial charge >= 0.3 is 5.69 Å². The Bertz CT molecular complexity index is 1020. The maximum Gasteiger partial charge on any atom is 0.351 e. The number of ether oxygens (including phenoxy) is 3. The summed E-state index contributed by atoms with van der Waals surface area (Å²) in [6.45, 7) is 16.6. The highest BCUT2D eigenvalue weighted by Gasteiger charge is 2.48. The summed E-state index contributed by atoms with van der Waals surface area (Å²) < 4.78 is 34.4. The van der Waals surface area contributed by atoms with Crippen molar-refractivity contribution in [2.45, 2.75) is 98.4 Å². The van der Waals surface area contributed by atoms with E-state index in [0.29, 0.717) is 32.0 Å². The Morgan fingerprint density at radius 3 is 2.37 bits per heavy atom. The van der Waals surface area contributed by atoms with Gasteiger partial charge in [0.15, 0.2) is 11.3 Å². The van der Waals surface area contributed by atoms with Gasteiger partial charge in [0, 0.05) is 44.0 Å². The molecule has 2 rings (SSSR count). The molecule has 1 saturated heterocycles. The van der Waals surface area contributed by atoms with Gasteiger partial charge in [-0.1, -0.05) is 32.5 Å². The Hall–Kier alpha value is -1.44. The first-order valence-electron chi connectivity index (χ1n) is 14.1. The fourth-order valence-electron chi connectivity index (χ4n) is 4.37. The highest BCUT2D eigenvalue weighted by Crippen LogP contribution is 2.50. The Kier molecular flexibility index (Phi) is 15.4. The highest BCUT2D eigenvalue weighted by molar-refractivity contribution is 8.13. The Morgan fingerprint density at radius 2 is 1.83 bits per heavy atom. The molecule has 2 heterocycles. The Balaban J connectivity index is 2.16. The van der Waals surface area contributed by atoms with Crippen LogP contribution in [0.15, 0.2) is 17.1 Å². The molecule has 234 valence electrons. The molecule has 41 heavy (non-hydrogen) atoms. The van der Waals surface area contributed by atoms with E-state index in [1.54, 1.807) is 13.2 Å². The van der Waals surface area contributed by atoms with Crippen molar-refractivity contribution in [1.29, 1.82) is 0 Å². The first-order valence-corrected chi connectivity index (χ1v) is 16.2. The largest absolute Gasteiger partial charge is 0.378 e. The molecule has 1 aliphatic heterocycles. The zero-order valence-electron chi connectivity index (χ0n) is 25.7. The molecule has 1 amide bonds. The number of rotatable bonds is 17. The second-order valence-electron chi connectivity index (χ2n) is 10.5. The normalized spacial score (nSPS) is 21.8. The van der Waals surface area contributed by atoms with Crippen LogP contribution in [0.25, 0.3) is 0 Å². The second-order valence-corrected chi connectivity index (χ2v) is 13.0. The summed E-state index contributed by atoms with van der Waals surface area (Å²) in [7, 11) is 0.00742. The number of nitrogens with one attached hydrogen (secondary N) is 1. The molecular weight excluding hydrogens is 571 g/mol. The van der Waals surface area contributed by atoms with Crippen molar-refractivity contribution in [3.05, 3.63) is 22.7 Å². The summed E-state index contributed by atoms with van der Waals surface area (Å²) in [5.74, 6) is 0.446. The van der Waals surface area contributed by atoms with Gasteiger partial charge in [-0.3, -0.25) is 14.2 Å². The van der Waals surface area contributed by atoms with E-state index in [4.69, 9.17) is 23.3 Å². The highest BCUT2D eigenvalue weighted by atomic mass is 32.2. The molecule has 1 N–H and O–H groups in total. The van der Waals surface area contributed by atoms with Gasteiger partial charge in [0.1, 0.15) is 18.0 Å². The second kappa shape index (κ2) is 17.6. The summed E-state index contributed by atoms with van der Waals surface area (Å²) in [6.07, 6.45) is -0.136. The van der Waals surface area contributed by atoms with Crippen molar-refractivity contribution in [2.75, 3.05) is 38.0 Å². The molecule has 0 bridgehead atoms. The SMILES string of the molecule is CC[C@H]1O[C@@H](n2ccc(NC(C)=O)nc2=O)[C@@H](OC)C1OP(OCCOCCSC(=O)C(C)C)N(C(C)C)C(C)C. The van der Waals surface area contributed by atoms with Crippen molar-refractivity contribution in [3.8, 4) is 0 Å². The minimum atomic E-state index is -1.55. The van der Waals surface area contributed by atoms with E-state index in [0.717, 1.165) is 0 Å². The molecule has 14 heteroatoms. The van der Waals surface area contributed by atoms with Gasteiger partial charge < -0.3 is 28.6 Å². The number of amides is 1. The maximum atomic E-state index is 12.9. The smallest absolute Gasteiger partial charge is 0.351 e. The van der Waals surface area contributed by atoms with Crippen molar-refractivity contribution < 1.29 is 32.8 Å². The van der Waals surface area contributed by atoms with Crippen LogP contribution in [-0.2, 0) is 32.8 Å². The van der Waals surface area contributed by atoms with Crippen LogP contribution in [0.3, 0.4) is 0 Å². The molecule has 1 aliphatic rings. The van der Waals surface area contributed by atoms with Gasteiger partial charge in [0.05, 0.1) is 25.9 Å². The number of carbonyl (C=O) groups is 2. The summed E-state index contributed by atoms with van der Waals surface area (Å²) >= 11 is 1.28. The first-order chi connectivity index (χ1) is 19.4. The Morgan fingerprint density at radius 1 is 1.15 bits per heavy atom. The molecule has 0 aromatic carbocycles. The van der Waals surface area contributed by atoms with Gasteiger partial charge in [-0.2, -0.15) is 4.98 Å². The topological polar surface area (TPSA) is 130 Å². The summed E-state index contributed by atoms with van der Waals surface area (Å²) in [4.78, 5) is 40.0. The van der Waals surface area contributed by atoms with Crippen molar-refractivity contribution >= 4 is 37.1 Å². The molecule has 0 radical (unpaired) electrons. The molecule has 1 aromatic rings. The number of thioether (sulfide) groups is 1. The number of methoxy groups -OCH3 is 1. The third-order valence-corrected chi connectivity index (χ3v) is 9.45. The number of anilines is 1. The van der Waals surface area contributed by atoms with E-state index in [1.807, 2.05) is 20.8 Å². The van der Waals surface area contributed by atoms with Gasteiger partial charge in [0.25, 0.3) is 8.53 Å². The van der Waals surface area contributed by atoms with E-state index in [2.05, 4.69) is 42.7 Å². The third kappa shape index (κ3) is 10.7. The molecular formula is C27H47N4O8PS. The Labute approximate surface area is 249 Å². The van der Waals surface area contributed by atoms with Crippen LogP contribution < -0.4 is 11.0 Å². The molecule has 0 saturated carbocycles. The van der Waals surface area contributed by atoms with Gasteiger partial charge in [-0.05, 0) is 40.2 Å². The predicted octanol–water partition coefficient (Wildman–Crippen LogP) is 4.20. The van der Waals surface area contributed by atoms with Crippen molar-refractivity contribution in [1.82, 2.24) is 14.2 Å². The van der Waals surface area contributed by atoms with Gasteiger partial charge in [0.2, 0.25) is 5.91 Å². The lowest BCUT2D eigenvalue weighted by Gasteiger charge is -2.38. The predicted molar refractivity (Wildman–Crippen MR) is 161 cm³/mol. The lowest BCUT2D eigenvalue weighted by atomic mass is 10.1. The number of carbonyl (C=O) groups excluding carboxylic acids is 2. The van der Waals surface area contributed by atoms with Crippen LogP contribution in [0, 0.1) is 5.92 Å². The van der Waals surface area contributed by atoms with E-state index >= 15 is 0 Å². The van der Waals surface area contributed by atoms with E-state index in [-0.39, 0.29) is 40.9 Å². The van der Waals surface area contributed by atoms with Gasteiger partial charge in [-0.15, -0.1) is 0 Å². The van der Waals surface area contributed by atoms with Crippen LogP contribution in [-0.4, -0.2) is 88.3 Å². The number of hydrogen-bond acceptors (Lipinski definition) is 11. The lowest BCUT2D eigenvalue weighted by Crippen LogP contribution is -2.40. The van der Waals surface area contributed by atoms with Crippen LogP contribution >= 0.6 is 20.3 Å². The van der Waals surface area contributed by atoms with Crippen molar-refractivity contribution in [2.24, 2.45) is 5.92 Å². The van der Waals surface area contributed by atoms with Gasteiger partial charge in [-0.25, -0.2) is 9.46 Å².